The van der Waals surface area contributed by atoms with E-state index in [1.54, 1.807) is 42.0 Å². The summed E-state index contributed by atoms with van der Waals surface area (Å²) in [6.07, 6.45) is 5.65. The minimum absolute atomic E-state index is 0.0165. The maximum atomic E-state index is 13.6. The lowest BCUT2D eigenvalue weighted by Gasteiger charge is -2.43. The van der Waals surface area contributed by atoms with Gasteiger partial charge in [0.25, 0.3) is 5.91 Å². The lowest BCUT2D eigenvalue weighted by atomic mass is 9.95. The van der Waals surface area contributed by atoms with Crippen LogP contribution in [0, 0.1) is 0 Å². The fourth-order valence-electron chi connectivity index (χ4n) is 6.38. The van der Waals surface area contributed by atoms with Gasteiger partial charge in [0.15, 0.2) is 0 Å². The Morgan fingerprint density at radius 2 is 1.85 bits per heavy atom. The summed E-state index contributed by atoms with van der Waals surface area (Å²) in [6, 6.07) is 4.82. The standard InChI is InChI=1S/C29H39N5O6/c1-17(30-2)25(35)32-22-9-4-3-8-20-10-12-23(34(20)28(22)38)26(36)31-15-18-6-5-7-19(14-18)27(37)33-16-21-11-13-24(33)29(39)40-21/h5-7,14,17,20-24,30H,3-4,8-13,15-16H2,1-2H3,(H,31,36)(H,32,35)/t17-,20?,21?,22?,23?,24?/m0/s1. The molecule has 5 heterocycles. The number of rotatable bonds is 7. The maximum Gasteiger partial charge on any atom is 0.329 e. The number of ether oxygens (including phenoxy) is 1. The lowest BCUT2D eigenvalue weighted by Crippen LogP contribution is -2.59. The number of amides is 4. The van der Waals surface area contributed by atoms with Crippen LogP contribution < -0.4 is 16.0 Å². The number of fused-ring (bicyclic) bond motifs is 4. The lowest BCUT2D eigenvalue weighted by molar-refractivity contribution is -0.172. The molecule has 1 aromatic carbocycles. The molecule has 5 aliphatic heterocycles. The van der Waals surface area contributed by atoms with Crippen LogP contribution in [0.25, 0.3) is 0 Å². The molecule has 40 heavy (non-hydrogen) atoms. The first-order valence-electron chi connectivity index (χ1n) is 14.4. The zero-order valence-electron chi connectivity index (χ0n) is 23.2. The van der Waals surface area contributed by atoms with E-state index in [1.165, 1.54) is 0 Å². The fraction of sp³-hybridized carbons (Fsp3) is 0.621. The highest BCUT2D eigenvalue weighted by Gasteiger charge is 2.45. The number of esters is 1. The molecule has 0 radical (unpaired) electrons. The SMILES string of the molecule is CN[C@@H](C)C(=O)NC1CCCCC2CCC(C(=O)NCc3cccc(C(=O)N4CC5CCC4C(=O)O5)c3)N2C1=O. The molecule has 5 fully saturated rings. The van der Waals surface area contributed by atoms with Crippen molar-refractivity contribution >= 4 is 29.6 Å². The van der Waals surface area contributed by atoms with Gasteiger partial charge in [0.05, 0.1) is 12.6 Å². The monoisotopic (exact) mass is 553 g/mol. The Morgan fingerprint density at radius 1 is 1.05 bits per heavy atom. The summed E-state index contributed by atoms with van der Waals surface area (Å²) in [4.78, 5) is 68.1. The Kier molecular flexibility index (Phi) is 8.39. The number of carbonyl (C=O) groups excluding carboxylic acids is 5. The van der Waals surface area contributed by atoms with E-state index in [4.69, 9.17) is 4.74 Å². The summed E-state index contributed by atoms with van der Waals surface area (Å²) in [7, 11) is 1.69. The number of nitrogens with one attached hydrogen (secondary N) is 3. The van der Waals surface area contributed by atoms with Crippen LogP contribution in [0.5, 0.6) is 0 Å². The van der Waals surface area contributed by atoms with E-state index in [2.05, 4.69) is 16.0 Å². The van der Waals surface area contributed by atoms with Crippen molar-refractivity contribution in [3.63, 3.8) is 0 Å². The zero-order chi connectivity index (χ0) is 28.4. The second-order valence-corrected chi connectivity index (χ2v) is 11.4. The first-order chi connectivity index (χ1) is 19.3. The molecule has 5 aliphatic rings. The van der Waals surface area contributed by atoms with Gasteiger partial charge in [-0.05, 0) is 70.2 Å². The summed E-state index contributed by atoms with van der Waals surface area (Å²) < 4.78 is 5.31. The third kappa shape index (κ3) is 5.70. The molecule has 216 valence electrons. The molecule has 5 saturated heterocycles. The van der Waals surface area contributed by atoms with Crippen molar-refractivity contribution in [2.45, 2.75) is 101 Å². The molecule has 6 rings (SSSR count). The van der Waals surface area contributed by atoms with Crippen LogP contribution in [-0.2, 0) is 30.5 Å². The molecular formula is C29H39N5O6. The van der Waals surface area contributed by atoms with Crippen molar-refractivity contribution in [3.05, 3.63) is 35.4 Å². The topological polar surface area (TPSA) is 137 Å². The Hall–Kier alpha value is -3.47. The molecule has 3 N–H and O–H groups in total. The molecule has 0 aromatic heterocycles. The van der Waals surface area contributed by atoms with Crippen molar-refractivity contribution in [2.24, 2.45) is 0 Å². The third-order valence-electron chi connectivity index (χ3n) is 8.78. The number of nitrogens with zero attached hydrogens (tertiary/aromatic N) is 2. The van der Waals surface area contributed by atoms with Gasteiger partial charge in [-0.25, -0.2) is 4.79 Å². The first-order valence-corrected chi connectivity index (χ1v) is 14.4. The fourth-order valence-corrected chi connectivity index (χ4v) is 6.38. The van der Waals surface area contributed by atoms with E-state index in [-0.39, 0.29) is 48.3 Å². The van der Waals surface area contributed by atoms with Gasteiger partial charge in [-0.15, -0.1) is 0 Å². The molecule has 0 spiro atoms. The van der Waals surface area contributed by atoms with Gasteiger partial charge in [-0.2, -0.15) is 0 Å². The predicted molar refractivity (Wildman–Crippen MR) is 145 cm³/mol. The summed E-state index contributed by atoms with van der Waals surface area (Å²) in [5.41, 5.74) is 1.21. The van der Waals surface area contributed by atoms with Crippen LogP contribution in [0.1, 0.15) is 74.2 Å². The van der Waals surface area contributed by atoms with Crippen molar-refractivity contribution in [2.75, 3.05) is 13.6 Å². The van der Waals surface area contributed by atoms with E-state index >= 15 is 0 Å². The van der Waals surface area contributed by atoms with Crippen molar-refractivity contribution < 1.29 is 28.7 Å². The van der Waals surface area contributed by atoms with E-state index in [0.717, 1.165) is 37.7 Å². The summed E-state index contributed by atoms with van der Waals surface area (Å²) in [5, 5.41) is 8.74. The minimum Gasteiger partial charge on any atom is -0.459 e. The number of carbonyl (C=O) groups is 5. The molecule has 11 heteroatoms. The van der Waals surface area contributed by atoms with Gasteiger partial charge < -0.3 is 30.5 Å². The van der Waals surface area contributed by atoms with Gasteiger partial charge in [0, 0.05) is 18.2 Å². The normalized spacial score (nSPS) is 28.7. The van der Waals surface area contributed by atoms with E-state index in [9.17, 15) is 24.0 Å². The molecule has 2 bridgehead atoms. The largest absolute Gasteiger partial charge is 0.459 e. The quantitative estimate of drug-likeness (QED) is 0.426. The van der Waals surface area contributed by atoms with Crippen molar-refractivity contribution in [1.82, 2.24) is 25.8 Å². The Bertz CT molecular complexity index is 1170. The number of piperidine rings is 1. The van der Waals surface area contributed by atoms with Crippen LogP contribution >= 0.6 is 0 Å². The molecule has 6 atom stereocenters. The first kappa shape index (κ1) is 28.1. The maximum absolute atomic E-state index is 13.6. The smallest absolute Gasteiger partial charge is 0.329 e. The molecule has 5 unspecified atom stereocenters. The van der Waals surface area contributed by atoms with Gasteiger partial charge in [-0.1, -0.05) is 25.0 Å². The highest BCUT2D eigenvalue weighted by molar-refractivity contribution is 5.98. The molecule has 1 aromatic rings. The molecule has 0 saturated carbocycles. The Labute approximate surface area is 234 Å². The third-order valence-corrected chi connectivity index (χ3v) is 8.78. The van der Waals surface area contributed by atoms with Crippen LogP contribution in [-0.4, -0.2) is 89.3 Å². The second-order valence-electron chi connectivity index (χ2n) is 11.4. The average molecular weight is 554 g/mol. The van der Waals surface area contributed by atoms with E-state index in [1.807, 2.05) is 6.07 Å². The van der Waals surface area contributed by atoms with Crippen molar-refractivity contribution in [1.29, 1.82) is 0 Å². The van der Waals surface area contributed by atoms with Crippen LogP contribution in [0.3, 0.4) is 0 Å². The highest BCUT2D eigenvalue weighted by atomic mass is 16.6. The van der Waals surface area contributed by atoms with E-state index < -0.39 is 24.2 Å². The van der Waals surface area contributed by atoms with Gasteiger partial charge in [-0.3, -0.25) is 19.2 Å². The average Bonchev–Trinajstić information content (AvgIpc) is 3.39. The molecule has 0 aliphatic carbocycles. The van der Waals surface area contributed by atoms with Gasteiger partial charge in [0.1, 0.15) is 24.2 Å². The molecule has 11 nitrogen and oxygen atoms in total. The molecule has 4 amide bonds. The molecular weight excluding hydrogens is 514 g/mol. The second kappa shape index (κ2) is 12.0. The van der Waals surface area contributed by atoms with Crippen LogP contribution in [0.2, 0.25) is 0 Å². The number of hydrogen-bond acceptors (Lipinski definition) is 7. The van der Waals surface area contributed by atoms with Gasteiger partial charge >= 0.3 is 5.97 Å². The van der Waals surface area contributed by atoms with Gasteiger partial charge in [0.2, 0.25) is 17.7 Å². The number of likely N-dealkylation sites (N-methyl/N-ethyl adjacent to an activating group) is 1. The Morgan fingerprint density at radius 3 is 2.60 bits per heavy atom. The number of morpholine rings is 1. The van der Waals surface area contributed by atoms with Crippen LogP contribution in [0.4, 0.5) is 0 Å². The van der Waals surface area contributed by atoms with Crippen LogP contribution in [0.15, 0.2) is 24.3 Å². The summed E-state index contributed by atoms with van der Waals surface area (Å²) in [5.74, 6) is -1.22. The summed E-state index contributed by atoms with van der Waals surface area (Å²) in [6.45, 7) is 2.35. The highest BCUT2D eigenvalue weighted by Crippen LogP contribution is 2.32. The van der Waals surface area contributed by atoms with E-state index in [0.29, 0.717) is 31.4 Å². The zero-order valence-corrected chi connectivity index (χ0v) is 23.2. The Balaban J connectivity index is 1.23. The van der Waals surface area contributed by atoms with Crippen molar-refractivity contribution in [3.8, 4) is 0 Å². The minimum atomic E-state index is -0.649. The summed E-state index contributed by atoms with van der Waals surface area (Å²) >= 11 is 0. The predicted octanol–water partition coefficient (Wildman–Crippen LogP) is 0.859. The number of hydrogen-bond donors (Lipinski definition) is 3. The number of benzene rings is 1.